The summed E-state index contributed by atoms with van der Waals surface area (Å²) >= 11 is 0. The third kappa shape index (κ3) is 4.27. The zero-order valence-electron chi connectivity index (χ0n) is 15.8. The molecular formula is C21H27N3O3. The van der Waals surface area contributed by atoms with E-state index in [1.54, 1.807) is 4.90 Å². The molecule has 1 aliphatic heterocycles. The summed E-state index contributed by atoms with van der Waals surface area (Å²) in [4.78, 5) is 30.1. The molecule has 0 bridgehead atoms. The van der Waals surface area contributed by atoms with Gasteiger partial charge in [-0.05, 0) is 44.6 Å². The summed E-state index contributed by atoms with van der Waals surface area (Å²) in [6, 6.07) is 9.59. The highest BCUT2D eigenvalue weighted by atomic mass is 16.3. The van der Waals surface area contributed by atoms with Gasteiger partial charge in [-0.2, -0.15) is 0 Å². The number of nitrogens with two attached hydrogens (primary N) is 1. The Kier molecular flexibility index (Phi) is 5.75. The lowest BCUT2D eigenvalue weighted by molar-refractivity contribution is -0.131. The standard InChI is InChI=1S/C21H27N3O3/c1-15(25)14-23-18-9-5-8-17(18)19(22)20(26)24-12-10-21(27,11-13-24)16-6-3-2-4-7-16/h2-4,6-7,27H,5,8-14,22H2,1H3/b19-17-,23-18?. The minimum absolute atomic E-state index is 0.00474. The molecule has 6 nitrogen and oxygen atoms in total. The van der Waals surface area contributed by atoms with Crippen molar-refractivity contribution in [1.82, 2.24) is 4.90 Å². The molecule has 1 aliphatic carbocycles. The van der Waals surface area contributed by atoms with Crippen LogP contribution in [0, 0.1) is 0 Å². The first-order valence-electron chi connectivity index (χ1n) is 9.49. The molecule has 0 atom stereocenters. The van der Waals surface area contributed by atoms with Crippen LogP contribution < -0.4 is 5.73 Å². The van der Waals surface area contributed by atoms with E-state index >= 15 is 0 Å². The normalized spacial score (nSPS) is 22.7. The number of benzene rings is 1. The van der Waals surface area contributed by atoms with Crippen LogP contribution in [0.1, 0.15) is 44.6 Å². The number of aliphatic hydroxyl groups is 1. The van der Waals surface area contributed by atoms with Crippen molar-refractivity contribution < 1.29 is 14.7 Å². The summed E-state index contributed by atoms with van der Waals surface area (Å²) in [6.45, 7) is 2.54. The van der Waals surface area contributed by atoms with Crippen molar-refractivity contribution >= 4 is 17.4 Å². The number of allylic oxidation sites excluding steroid dienone is 1. The summed E-state index contributed by atoms with van der Waals surface area (Å²) in [6.07, 6.45) is 3.33. The fraction of sp³-hybridized carbons (Fsp3) is 0.476. The van der Waals surface area contributed by atoms with Crippen molar-refractivity contribution in [1.29, 1.82) is 0 Å². The van der Waals surface area contributed by atoms with E-state index in [0.29, 0.717) is 25.9 Å². The van der Waals surface area contributed by atoms with Gasteiger partial charge in [-0.25, -0.2) is 0 Å². The monoisotopic (exact) mass is 369 g/mol. The second-order valence-corrected chi connectivity index (χ2v) is 7.40. The SMILES string of the molecule is CC(=O)CN=C1CCC/C1=C(/N)C(=O)N1CCC(O)(c2ccccc2)CC1. The Hall–Kier alpha value is -2.47. The number of carbonyl (C=O) groups is 2. The number of likely N-dealkylation sites (tertiary alicyclic amines) is 1. The van der Waals surface area contributed by atoms with Crippen LogP contribution in [0.25, 0.3) is 0 Å². The molecule has 1 amide bonds. The second kappa shape index (κ2) is 8.05. The summed E-state index contributed by atoms with van der Waals surface area (Å²) in [5, 5.41) is 10.9. The van der Waals surface area contributed by atoms with E-state index in [1.165, 1.54) is 6.92 Å². The molecule has 2 aliphatic rings. The molecule has 0 unspecified atom stereocenters. The molecule has 1 aromatic rings. The van der Waals surface area contributed by atoms with Crippen molar-refractivity contribution in [2.45, 2.75) is 44.6 Å². The van der Waals surface area contributed by atoms with Crippen molar-refractivity contribution in [2.24, 2.45) is 10.7 Å². The zero-order valence-corrected chi connectivity index (χ0v) is 15.8. The van der Waals surface area contributed by atoms with E-state index in [0.717, 1.165) is 36.1 Å². The first-order chi connectivity index (χ1) is 12.9. The van der Waals surface area contributed by atoms with Gasteiger partial charge >= 0.3 is 0 Å². The highest BCUT2D eigenvalue weighted by Crippen LogP contribution is 2.33. The van der Waals surface area contributed by atoms with Gasteiger partial charge in [0.25, 0.3) is 5.91 Å². The third-order valence-electron chi connectivity index (χ3n) is 5.43. The molecule has 1 heterocycles. The van der Waals surface area contributed by atoms with Crippen molar-refractivity contribution in [3.63, 3.8) is 0 Å². The van der Waals surface area contributed by atoms with E-state index in [9.17, 15) is 14.7 Å². The number of ketones is 1. The maximum atomic E-state index is 12.9. The zero-order chi connectivity index (χ0) is 19.4. The van der Waals surface area contributed by atoms with Gasteiger partial charge in [-0.3, -0.25) is 14.6 Å². The Morgan fingerprint density at radius 3 is 2.48 bits per heavy atom. The molecule has 0 aromatic heterocycles. The molecule has 1 saturated carbocycles. The van der Waals surface area contributed by atoms with Gasteiger partial charge in [0.2, 0.25) is 0 Å². The Balaban J connectivity index is 1.70. The molecule has 3 N–H and O–H groups in total. The largest absolute Gasteiger partial charge is 0.394 e. The van der Waals surface area contributed by atoms with E-state index in [1.807, 2.05) is 30.3 Å². The maximum Gasteiger partial charge on any atom is 0.270 e. The summed E-state index contributed by atoms with van der Waals surface area (Å²) in [5.41, 5.74) is 7.98. The molecule has 1 saturated heterocycles. The molecule has 144 valence electrons. The molecular weight excluding hydrogens is 342 g/mol. The number of hydrogen-bond donors (Lipinski definition) is 2. The summed E-state index contributed by atoms with van der Waals surface area (Å²) in [5.74, 6) is -0.201. The Morgan fingerprint density at radius 2 is 1.85 bits per heavy atom. The molecule has 2 fully saturated rings. The molecule has 27 heavy (non-hydrogen) atoms. The number of aliphatic imine (C=N–C) groups is 1. The van der Waals surface area contributed by atoms with E-state index < -0.39 is 5.60 Å². The van der Waals surface area contributed by atoms with E-state index in [4.69, 9.17) is 5.73 Å². The summed E-state index contributed by atoms with van der Waals surface area (Å²) in [7, 11) is 0. The number of Topliss-reactive ketones (excluding diaryl/α,β-unsaturated/α-hetero) is 1. The van der Waals surface area contributed by atoms with Crippen LogP contribution in [0.5, 0.6) is 0 Å². The minimum atomic E-state index is -0.901. The van der Waals surface area contributed by atoms with Gasteiger partial charge in [0.15, 0.2) is 5.78 Å². The van der Waals surface area contributed by atoms with Gasteiger partial charge in [0.05, 0.1) is 12.1 Å². The van der Waals surface area contributed by atoms with Gasteiger partial charge in [-0.15, -0.1) is 0 Å². The van der Waals surface area contributed by atoms with E-state index in [-0.39, 0.29) is 23.9 Å². The van der Waals surface area contributed by atoms with Crippen LogP contribution in [0.3, 0.4) is 0 Å². The number of carbonyl (C=O) groups excluding carboxylic acids is 2. The molecule has 0 radical (unpaired) electrons. The van der Waals surface area contributed by atoms with Gasteiger partial charge < -0.3 is 15.7 Å². The van der Waals surface area contributed by atoms with Crippen LogP contribution in [-0.4, -0.2) is 47.0 Å². The van der Waals surface area contributed by atoms with Crippen LogP contribution in [0.2, 0.25) is 0 Å². The lowest BCUT2D eigenvalue weighted by Crippen LogP contribution is -2.46. The van der Waals surface area contributed by atoms with Crippen LogP contribution in [0.15, 0.2) is 46.6 Å². The van der Waals surface area contributed by atoms with E-state index in [2.05, 4.69) is 4.99 Å². The number of rotatable bonds is 4. The lowest BCUT2D eigenvalue weighted by Gasteiger charge is -2.38. The Bertz CT molecular complexity index is 775. The van der Waals surface area contributed by atoms with Crippen LogP contribution >= 0.6 is 0 Å². The first-order valence-corrected chi connectivity index (χ1v) is 9.49. The molecule has 6 heteroatoms. The smallest absolute Gasteiger partial charge is 0.270 e. The average Bonchev–Trinajstić information content (AvgIpc) is 3.15. The quantitative estimate of drug-likeness (QED) is 0.793. The number of piperidine rings is 1. The van der Waals surface area contributed by atoms with Crippen LogP contribution in [0.4, 0.5) is 0 Å². The summed E-state index contributed by atoms with van der Waals surface area (Å²) < 4.78 is 0. The molecule has 1 aromatic carbocycles. The fourth-order valence-electron chi connectivity index (χ4n) is 3.82. The van der Waals surface area contributed by atoms with Crippen molar-refractivity contribution in [3.05, 3.63) is 47.2 Å². The predicted octanol–water partition coefficient (Wildman–Crippen LogP) is 1.92. The predicted molar refractivity (Wildman–Crippen MR) is 104 cm³/mol. The highest BCUT2D eigenvalue weighted by Gasteiger charge is 2.36. The minimum Gasteiger partial charge on any atom is -0.394 e. The maximum absolute atomic E-state index is 12.9. The molecule has 0 spiro atoms. The Morgan fingerprint density at radius 1 is 1.19 bits per heavy atom. The van der Waals surface area contributed by atoms with Crippen molar-refractivity contribution in [2.75, 3.05) is 19.6 Å². The van der Waals surface area contributed by atoms with Crippen molar-refractivity contribution in [3.8, 4) is 0 Å². The highest BCUT2D eigenvalue weighted by molar-refractivity contribution is 6.09. The van der Waals surface area contributed by atoms with Crippen LogP contribution in [-0.2, 0) is 15.2 Å². The fourth-order valence-corrected chi connectivity index (χ4v) is 3.82. The average molecular weight is 369 g/mol. The number of nitrogens with zero attached hydrogens (tertiary/aromatic N) is 2. The number of amides is 1. The first kappa shape index (κ1) is 19.3. The lowest BCUT2D eigenvalue weighted by atomic mass is 9.84. The number of hydrogen-bond acceptors (Lipinski definition) is 5. The topological polar surface area (TPSA) is 96.0 Å². The molecule has 3 rings (SSSR count). The third-order valence-corrected chi connectivity index (χ3v) is 5.43. The van der Waals surface area contributed by atoms with Gasteiger partial charge in [0.1, 0.15) is 5.70 Å². The second-order valence-electron chi connectivity index (χ2n) is 7.40. The van der Waals surface area contributed by atoms with Gasteiger partial charge in [0, 0.05) is 24.4 Å². The Labute approximate surface area is 159 Å². The van der Waals surface area contributed by atoms with Gasteiger partial charge in [-0.1, -0.05) is 30.3 Å².